The van der Waals surface area contributed by atoms with Gasteiger partial charge in [0.25, 0.3) is 0 Å². The molecule has 2 aliphatic heterocycles. The summed E-state index contributed by atoms with van der Waals surface area (Å²) in [5.74, 6) is 1.33. The molecule has 0 unspecified atom stereocenters. The highest BCUT2D eigenvalue weighted by molar-refractivity contribution is 14.0. The predicted octanol–water partition coefficient (Wildman–Crippen LogP) is 2.21. The number of sulfonamides is 1. The minimum absolute atomic E-state index is 0. The van der Waals surface area contributed by atoms with Gasteiger partial charge in [-0.25, -0.2) is 8.42 Å². The summed E-state index contributed by atoms with van der Waals surface area (Å²) in [6.45, 7) is 5.28. The van der Waals surface area contributed by atoms with Crippen molar-refractivity contribution in [1.82, 2.24) is 19.8 Å². The third kappa shape index (κ3) is 8.02. The van der Waals surface area contributed by atoms with Crippen molar-refractivity contribution >= 4 is 40.0 Å². The lowest BCUT2D eigenvalue weighted by molar-refractivity contribution is -0.0494. The van der Waals surface area contributed by atoms with Crippen molar-refractivity contribution < 1.29 is 21.6 Å². The van der Waals surface area contributed by atoms with E-state index in [9.17, 15) is 21.6 Å². The summed E-state index contributed by atoms with van der Waals surface area (Å²) in [5.41, 5.74) is -5.24. The number of likely N-dealkylation sites (tertiary alicyclic amines) is 1. The van der Waals surface area contributed by atoms with E-state index >= 15 is 0 Å². The number of alkyl halides is 3. The van der Waals surface area contributed by atoms with Crippen molar-refractivity contribution in [3.05, 3.63) is 0 Å². The molecule has 0 saturated carbocycles. The Bertz CT molecular complexity index is 617. The average molecular weight is 555 g/mol. The van der Waals surface area contributed by atoms with Crippen molar-refractivity contribution in [2.75, 3.05) is 46.3 Å². The highest BCUT2D eigenvalue weighted by Crippen LogP contribution is 2.29. The van der Waals surface area contributed by atoms with Gasteiger partial charge in [0.1, 0.15) is 0 Å². The van der Waals surface area contributed by atoms with Crippen LogP contribution in [0.15, 0.2) is 4.99 Å². The Labute approximate surface area is 188 Å². The van der Waals surface area contributed by atoms with Gasteiger partial charge in [-0.1, -0.05) is 0 Å². The Balaban J connectivity index is 0.00000420. The molecule has 0 aromatic rings. The molecule has 0 aromatic heterocycles. The zero-order valence-corrected chi connectivity index (χ0v) is 20.2. The number of hydrogen-bond acceptors (Lipinski definition) is 4. The molecule has 2 fully saturated rings. The Morgan fingerprint density at radius 3 is 2.21 bits per heavy atom. The average Bonchev–Trinajstić information content (AvgIpc) is 2.63. The molecular weight excluding hydrogens is 522 g/mol. The molecule has 0 atom stereocenters. The second-order valence-electron chi connectivity index (χ2n) is 7.56. The molecule has 172 valence electrons. The summed E-state index contributed by atoms with van der Waals surface area (Å²) < 4.78 is 61.5. The van der Waals surface area contributed by atoms with Gasteiger partial charge in [0.05, 0.1) is 0 Å². The van der Waals surface area contributed by atoms with E-state index in [0.717, 1.165) is 19.5 Å². The van der Waals surface area contributed by atoms with Crippen molar-refractivity contribution in [2.24, 2.45) is 10.9 Å². The van der Waals surface area contributed by atoms with Gasteiger partial charge < -0.3 is 15.5 Å². The minimum Gasteiger partial charge on any atom is -0.357 e. The van der Waals surface area contributed by atoms with E-state index in [0.29, 0.717) is 42.1 Å². The standard InChI is InChI=1S/C17H32F3N5O2S.HI/c1-3-21-16(22-9-4-14-5-10-24(2)11-6-14)23-15-7-12-25(13-8-15)28(26,27)17(18,19)20;/h14-15H,3-13H2,1-2H3,(H2,21,22,23);1H. The number of rotatable bonds is 6. The van der Waals surface area contributed by atoms with Gasteiger partial charge >= 0.3 is 15.5 Å². The van der Waals surface area contributed by atoms with Gasteiger partial charge in [-0.3, -0.25) is 4.99 Å². The highest BCUT2D eigenvalue weighted by atomic mass is 127. The summed E-state index contributed by atoms with van der Waals surface area (Å²) in [6, 6.07) is -0.0965. The molecule has 2 N–H and O–H groups in total. The third-order valence-corrected chi connectivity index (χ3v) is 7.05. The molecule has 2 heterocycles. The summed E-state index contributed by atoms with van der Waals surface area (Å²) >= 11 is 0. The Morgan fingerprint density at radius 2 is 1.69 bits per heavy atom. The second-order valence-corrected chi connectivity index (χ2v) is 9.49. The number of nitrogens with zero attached hydrogens (tertiary/aromatic N) is 3. The maximum absolute atomic E-state index is 12.7. The van der Waals surface area contributed by atoms with Gasteiger partial charge in [0.2, 0.25) is 0 Å². The molecular formula is C17H33F3IN5O2S. The number of nitrogens with one attached hydrogen (secondary N) is 2. The summed E-state index contributed by atoms with van der Waals surface area (Å²) in [5, 5.41) is 6.40. The van der Waals surface area contributed by atoms with Crippen LogP contribution in [0.1, 0.15) is 39.0 Å². The number of hydrogen-bond donors (Lipinski definition) is 2. The van der Waals surface area contributed by atoms with Crippen LogP contribution in [0.5, 0.6) is 0 Å². The zero-order chi connectivity index (χ0) is 20.8. The molecule has 0 radical (unpaired) electrons. The van der Waals surface area contributed by atoms with Crippen LogP contribution in [0.4, 0.5) is 13.2 Å². The SMILES string of the molecule is CCNC(=NCCC1CCN(C)CC1)NC1CCN(S(=O)(=O)C(F)(F)F)CC1.I. The molecule has 0 spiro atoms. The molecule has 2 aliphatic rings. The van der Waals surface area contributed by atoms with Gasteiger partial charge in [0, 0.05) is 32.2 Å². The van der Waals surface area contributed by atoms with Gasteiger partial charge in [0.15, 0.2) is 5.96 Å². The third-order valence-electron chi connectivity index (χ3n) is 5.42. The first-order valence-electron chi connectivity index (χ1n) is 9.93. The quantitative estimate of drug-likeness (QED) is 0.299. The van der Waals surface area contributed by atoms with Crippen LogP contribution in [0.2, 0.25) is 0 Å². The van der Waals surface area contributed by atoms with E-state index in [2.05, 4.69) is 27.6 Å². The van der Waals surface area contributed by atoms with E-state index < -0.39 is 15.5 Å². The monoisotopic (exact) mass is 555 g/mol. The number of guanidine groups is 1. The van der Waals surface area contributed by atoms with Crippen LogP contribution in [0.3, 0.4) is 0 Å². The van der Waals surface area contributed by atoms with Crippen LogP contribution in [0.25, 0.3) is 0 Å². The summed E-state index contributed by atoms with van der Waals surface area (Å²) in [7, 11) is -3.10. The number of aliphatic imine (C=N–C) groups is 1. The molecule has 29 heavy (non-hydrogen) atoms. The minimum atomic E-state index is -5.24. The van der Waals surface area contributed by atoms with Crippen molar-refractivity contribution in [1.29, 1.82) is 0 Å². The molecule has 12 heteroatoms. The predicted molar refractivity (Wildman–Crippen MR) is 119 cm³/mol. The normalized spacial score (nSPS) is 21.6. The van der Waals surface area contributed by atoms with E-state index in [1.807, 2.05) is 6.92 Å². The fraction of sp³-hybridized carbons (Fsp3) is 0.941. The van der Waals surface area contributed by atoms with Crippen LogP contribution in [-0.4, -0.2) is 81.4 Å². The van der Waals surface area contributed by atoms with Gasteiger partial charge in [-0.05, 0) is 65.1 Å². The van der Waals surface area contributed by atoms with E-state index in [4.69, 9.17) is 0 Å². The Kier molecular flexibility index (Phi) is 10.9. The topological polar surface area (TPSA) is 77.0 Å². The first-order chi connectivity index (χ1) is 13.1. The molecule has 0 amide bonds. The van der Waals surface area contributed by atoms with E-state index in [1.54, 1.807) is 0 Å². The number of piperidine rings is 2. The smallest absolute Gasteiger partial charge is 0.357 e. The second kappa shape index (κ2) is 11.9. The summed E-state index contributed by atoms with van der Waals surface area (Å²) in [4.78, 5) is 6.93. The number of halogens is 4. The zero-order valence-electron chi connectivity index (χ0n) is 17.0. The highest BCUT2D eigenvalue weighted by Gasteiger charge is 2.50. The fourth-order valence-corrected chi connectivity index (χ4v) is 4.59. The van der Waals surface area contributed by atoms with Crippen LogP contribution in [-0.2, 0) is 10.0 Å². The molecule has 2 rings (SSSR count). The first kappa shape index (κ1) is 26.7. The van der Waals surface area contributed by atoms with E-state index in [-0.39, 0.29) is 43.1 Å². The lowest BCUT2D eigenvalue weighted by Crippen LogP contribution is -2.51. The maximum atomic E-state index is 12.7. The van der Waals surface area contributed by atoms with Crippen molar-refractivity contribution in [2.45, 2.75) is 50.6 Å². The van der Waals surface area contributed by atoms with Crippen LogP contribution < -0.4 is 10.6 Å². The maximum Gasteiger partial charge on any atom is 0.511 e. The van der Waals surface area contributed by atoms with Gasteiger partial charge in [-0.15, -0.1) is 24.0 Å². The Hall–Kier alpha value is -0.340. The molecule has 0 aliphatic carbocycles. The lowest BCUT2D eigenvalue weighted by atomic mass is 9.94. The Morgan fingerprint density at radius 1 is 1.10 bits per heavy atom. The molecule has 2 saturated heterocycles. The summed E-state index contributed by atoms with van der Waals surface area (Å²) in [6.07, 6.45) is 4.01. The molecule has 0 aromatic carbocycles. The fourth-order valence-electron chi connectivity index (χ4n) is 3.61. The molecule has 0 bridgehead atoms. The first-order valence-corrected chi connectivity index (χ1v) is 11.4. The molecule has 7 nitrogen and oxygen atoms in total. The van der Waals surface area contributed by atoms with Crippen LogP contribution in [0, 0.1) is 5.92 Å². The van der Waals surface area contributed by atoms with Crippen molar-refractivity contribution in [3.8, 4) is 0 Å². The van der Waals surface area contributed by atoms with E-state index in [1.165, 1.54) is 12.8 Å². The van der Waals surface area contributed by atoms with Crippen molar-refractivity contribution in [3.63, 3.8) is 0 Å². The lowest BCUT2D eigenvalue weighted by Gasteiger charge is -2.32. The van der Waals surface area contributed by atoms with Crippen LogP contribution >= 0.6 is 24.0 Å². The largest absolute Gasteiger partial charge is 0.511 e. The van der Waals surface area contributed by atoms with Gasteiger partial charge in [-0.2, -0.15) is 17.5 Å².